The number of alkyl halides is 6. The van der Waals surface area contributed by atoms with Crippen LogP contribution in [0, 0.1) is 0 Å². The van der Waals surface area contributed by atoms with E-state index in [-0.39, 0.29) is 30.9 Å². The van der Waals surface area contributed by atoms with Gasteiger partial charge in [-0.15, -0.1) is 0 Å². The molecule has 5 atom stereocenters. The summed E-state index contributed by atoms with van der Waals surface area (Å²) in [5.74, 6) is -0.451. The number of carbonyl (C=O) groups is 3. The fraction of sp³-hybridized carbons (Fsp3) is 0.615. The smallest absolute Gasteiger partial charge is 0.416 e. The van der Waals surface area contributed by atoms with Crippen molar-refractivity contribution in [2.45, 2.75) is 108 Å². The lowest BCUT2D eigenvalue weighted by molar-refractivity contribution is -0.221. The second-order valence-corrected chi connectivity index (χ2v) is 13.6. The number of nitrogens with one attached hydrogen (secondary N) is 4. The number of hydrogen-bond acceptors (Lipinski definition) is 11. The van der Waals surface area contributed by atoms with Crippen molar-refractivity contribution in [3.05, 3.63) is 59.7 Å². The Balaban J connectivity index is 2.14. The molecule has 0 radical (unpaired) electrons. The predicted molar refractivity (Wildman–Crippen MR) is 206 cm³/mol. The van der Waals surface area contributed by atoms with Crippen LogP contribution >= 0.6 is 0 Å². The van der Waals surface area contributed by atoms with E-state index in [4.69, 9.17) is 18.9 Å². The number of anilines is 2. The molecule has 21 heteroatoms. The average Bonchev–Trinajstić information content (AvgIpc) is 3.20. The van der Waals surface area contributed by atoms with Crippen LogP contribution in [0.5, 0.6) is 0 Å². The van der Waals surface area contributed by atoms with E-state index >= 15 is 0 Å². The van der Waals surface area contributed by atoms with Crippen molar-refractivity contribution in [3.8, 4) is 0 Å². The Hall–Kier alpha value is -4.25. The Bertz CT molecular complexity index is 1560. The Labute approximate surface area is 344 Å². The molecule has 2 aromatic rings. The van der Waals surface area contributed by atoms with Crippen LogP contribution in [0.1, 0.15) is 75.8 Å². The van der Waals surface area contributed by atoms with Crippen LogP contribution in [0.3, 0.4) is 0 Å². The van der Waals surface area contributed by atoms with Crippen LogP contribution in [-0.4, -0.2) is 115 Å². The van der Waals surface area contributed by atoms with Gasteiger partial charge in [-0.3, -0.25) is 10.1 Å². The Kier molecular flexibility index (Phi) is 23.8. The summed E-state index contributed by atoms with van der Waals surface area (Å²) in [6, 6.07) is 5.64. The van der Waals surface area contributed by atoms with Gasteiger partial charge in [-0.05, 0) is 42.8 Å². The summed E-state index contributed by atoms with van der Waals surface area (Å²) in [4.78, 5) is 38.0. The van der Waals surface area contributed by atoms with Crippen LogP contribution in [-0.2, 0) is 36.1 Å². The van der Waals surface area contributed by atoms with Gasteiger partial charge in [0, 0.05) is 24.3 Å². The first-order valence-corrected chi connectivity index (χ1v) is 19.5. The normalized spacial score (nSPS) is 14.4. The number of aliphatic hydroxyl groups excluding tert-OH is 4. The molecule has 0 heterocycles. The quantitative estimate of drug-likeness (QED) is 0.0301. The molecule has 4 amide bonds. The maximum Gasteiger partial charge on any atom is 0.416 e. The summed E-state index contributed by atoms with van der Waals surface area (Å²) in [5, 5.41) is 49.1. The number of benzene rings is 2. The molecule has 0 aliphatic heterocycles. The molecule has 0 aromatic heterocycles. The van der Waals surface area contributed by atoms with Crippen molar-refractivity contribution in [1.82, 2.24) is 10.6 Å². The number of aliphatic hydroxyl groups is 4. The molecule has 340 valence electrons. The third-order valence-electron chi connectivity index (χ3n) is 8.77. The molecule has 15 nitrogen and oxygen atoms in total. The lowest BCUT2D eigenvalue weighted by Crippen LogP contribution is -2.51. The molecule has 0 saturated carbocycles. The van der Waals surface area contributed by atoms with Gasteiger partial charge in [0.05, 0.1) is 50.2 Å². The second-order valence-electron chi connectivity index (χ2n) is 13.6. The second kappa shape index (κ2) is 27.6. The number of amides is 4. The third-order valence-corrected chi connectivity index (χ3v) is 8.77. The SMILES string of the molecule is CCCCCCCCCCC(=O)N[C@H](CO[C@H](COC(=O)Nc1cccc(C(F)(F)F)c1)OC(CO)[C@H](O)CO)C(CO)OCCNC(=O)Nc1cccc(C(F)(F)F)c1. The minimum Gasteiger partial charge on any atom is -0.444 e. The van der Waals surface area contributed by atoms with Gasteiger partial charge in [-0.25, -0.2) is 9.59 Å². The summed E-state index contributed by atoms with van der Waals surface area (Å²) in [7, 11) is 0. The maximum atomic E-state index is 13.2. The number of hydrogen-bond donors (Lipinski definition) is 8. The highest BCUT2D eigenvalue weighted by molar-refractivity contribution is 5.89. The van der Waals surface area contributed by atoms with Crippen LogP contribution < -0.4 is 21.3 Å². The summed E-state index contributed by atoms with van der Waals surface area (Å²) in [5.41, 5.74) is -2.40. The molecular weight excluding hydrogens is 814 g/mol. The molecule has 60 heavy (non-hydrogen) atoms. The zero-order chi connectivity index (χ0) is 44.6. The largest absolute Gasteiger partial charge is 0.444 e. The molecule has 0 fully saturated rings. The average molecular weight is 871 g/mol. The van der Waals surface area contributed by atoms with Crippen molar-refractivity contribution in [2.24, 2.45) is 0 Å². The minimum absolute atomic E-state index is 0.0922. The third kappa shape index (κ3) is 20.8. The Morgan fingerprint density at radius 3 is 1.83 bits per heavy atom. The Morgan fingerprint density at radius 1 is 0.717 bits per heavy atom. The fourth-order valence-corrected chi connectivity index (χ4v) is 5.54. The lowest BCUT2D eigenvalue weighted by atomic mass is 10.1. The molecule has 2 rings (SSSR count). The first kappa shape index (κ1) is 51.9. The standard InChI is InChI=1S/C39H56F6N4O11/c1-2-3-4-5-6-7-8-9-16-34(54)49-30(32(22-51)57-18-17-46-36(55)47-28-14-10-12-26(19-28)38(40,41)42)24-58-35(60-33(23-52)31(53)21-50)25-59-37(56)48-29-15-11-13-27(20-29)39(43,44)45/h10-15,19-20,30-33,35,50-53H,2-9,16-18,21-25H2,1H3,(H,48,56)(H,49,54)(H2,46,47,55)/t30-,31-,32?,33?,35+/m1/s1. The topological polar surface area (TPSA) is 217 Å². The van der Waals surface area contributed by atoms with Crippen molar-refractivity contribution >= 4 is 29.4 Å². The zero-order valence-corrected chi connectivity index (χ0v) is 33.2. The Morgan fingerprint density at radius 2 is 1.28 bits per heavy atom. The number of carbonyl (C=O) groups excluding carboxylic acids is 3. The lowest BCUT2D eigenvalue weighted by Gasteiger charge is -2.30. The molecule has 2 unspecified atom stereocenters. The number of urea groups is 1. The highest BCUT2D eigenvalue weighted by atomic mass is 19.4. The van der Waals surface area contributed by atoms with Gasteiger partial charge in [-0.1, -0.05) is 64.0 Å². The molecule has 0 saturated heterocycles. The fourth-order valence-electron chi connectivity index (χ4n) is 5.54. The summed E-state index contributed by atoms with van der Waals surface area (Å²) < 4.78 is 101. The monoisotopic (exact) mass is 870 g/mol. The summed E-state index contributed by atoms with van der Waals surface area (Å²) in [6.07, 6.45) is -8.74. The number of ether oxygens (including phenoxy) is 4. The van der Waals surface area contributed by atoms with E-state index in [1.54, 1.807) is 0 Å². The first-order valence-electron chi connectivity index (χ1n) is 19.5. The van der Waals surface area contributed by atoms with Crippen molar-refractivity contribution in [1.29, 1.82) is 0 Å². The van der Waals surface area contributed by atoms with E-state index in [2.05, 4.69) is 28.2 Å². The van der Waals surface area contributed by atoms with Gasteiger partial charge in [0.1, 0.15) is 24.9 Å². The van der Waals surface area contributed by atoms with Crippen LogP contribution in [0.4, 0.5) is 47.3 Å². The number of halogens is 6. The van der Waals surface area contributed by atoms with Gasteiger partial charge in [0.15, 0.2) is 6.29 Å². The first-order chi connectivity index (χ1) is 28.5. The maximum absolute atomic E-state index is 13.2. The number of unbranched alkanes of at least 4 members (excludes halogenated alkanes) is 7. The molecule has 8 N–H and O–H groups in total. The summed E-state index contributed by atoms with van der Waals surface area (Å²) in [6.45, 7) is -2.13. The van der Waals surface area contributed by atoms with E-state index in [0.717, 1.165) is 75.3 Å². The molecular formula is C39H56F6N4O11. The van der Waals surface area contributed by atoms with Gasteiger partial charge in [0.2, 0.25) is 5.91 Å². The summed E-state index contributed by atoms with van der Waals surface area (Å²) >= 11 is 0. The molecule has 0 aliphatic carbocycles. The van der Waals surface area contributed by atoms with Gasteiger partial charge in [0.25, 0.3) is 0 Å². The van der Waals surface area contributed by atoms with E-state index in [9.17, 15) is 61.2 Å². The minimum atomic E-state index is -4.70. The van der Waals surface area contributed by atoms with E-state index < -0.39 is 105 Å². The predicted octanol–water partition coefficient (Wildman–Crippen LogP) is 5.56. The van der Waals surface area contributed by atoms with Crippen molar-refractivity contribution in [2.75, 3.05) is 56.8 Å². The molecule has 2 aromatic carbocycles. The number of rotatable bonds is 28. The highest BCUT2D eigenvalue weighted by Gasteiger charge is 2.32. The highest BCUT2D eigenvalue weighted by Crippen LogP contribution is 2.31. The van der Waals surface area contributed by atoms with Crippen LogP contribution in [0.2, 0.25) is 0 Å². The zero-order valence-electron chi connectivity index (χ0n) is 33.2. The molecule has 0 bridgehead atoms. The van der Waals surface area contributed by atoms with E-state index in [0.29, 0.717) is 12.5 Å². The van der Waals surface area contributed by atoms with Crippen molar-refractivity contribution < 1.29 is 80.1 Å². The van der Waals surface area contributed by atoms with Crippen LogP contribution in [0.15, 0.2) is 48.5 Å². The van der Waals surface area contributed by atoms with Crippen LogP contribution in [0.25, 0.3) is 0 Å². The molecule has 0 aliphatic rings. The van der Waals surface area contributed by atoms with E-state index in [1.165, 1.54) is 12.1 Å². The van der Waals surface area contributed by atoms with E-state index in [1.807, 2.05) is 0 Å². The van der Waals surface area contributed by atoms with Gasteiger partial charge in [-0.2, -0.15) is 26.3 Å². The van der Waals surface area contributed by atoms with Gasteiger partial charge < -0.3 is 55.3 Å². The van der Waals surface area contributed by atoms with Gasteiger partial charge >= 0.3 is 24.5 Å². The van der Waals surface area contributed by atoms with Crippen molar-refractivity contribution in [3.63, 3.8) is 0 Å². The molecule has 0 spiro atoms.